The minimum absolute atomic E-state index is 0.874. The number of thiazole rings is 1. The van der Waals surface area contributed by atoms with Crippen molar-refractivity contribution in [3.8, 4) is 10.6 Å². The largest absolute Gasteiger partial charge is 0.236 e. The van der Waals surface area contributed by atoms with Crippen LogP contribution in [0.3, 0.4) is 0 Å². The van der Waals surface area contributed by atoms with Crippen LogP contribution in [0.4, 0.5) is 0 Å². The highest BCUT2D eigenvalue weighted by atomic mass is 32.1. The molecular formula is C20H17N2S+. The lowest BCUT2D eigenvalue weighted by molar-refractivity contribution is -0.687. The fraction of sp³-hybridized carbons (Fsp3) is 0.100. The summed E-state index contributed by atoms with van der Waals surface area (Å²) in [5.74, 6) is 0. The Bertz CT molecular complexity index is 922. The van der Waals surface area contributed by atoms with Gasteiger partial charge in [-0.1, -0.05) is 42.0 Å². The number of hydrogen-bond acceptors (Lipinski definition) is 2. The summed E-state index contributed by atoms with van der Waals surface area (Å²) in [7, 11) is 0. The van der Waals surface area contributed by atoms with E-state index in [1.807, 2.05) is 6.07 Å². The van der Waals surface area contributed by atoms with Gasteiger partial charge in [0.25, 0.3) is 0 Å². The van der Waals surface area contributed by atoms with Gasteiger partial charge in [-0.2, -0.15) is 0 Å². The van der Waals surface area contributed by atoms with Gasteiger partial charge in [-0.05, 0) is 25.1 Å². The number of fused-ring (bicyclic) bond motifs is 1. The van der Waals surface area contributed by atoms with Crippen molar-refractivity contribution in [2.75, 3.05) is 0 Å². The zero-order valence-corrected chi connectivity index (χ0v) is 13.8. The van der Waals surface area contributed by atoms with E-state index >= 15 is 0 Å². The maximum Gasteiger partial charge on any atom is 0.179 e. The monoisotopic (exact) mass is 317 g/mol. The van der Waals surface area contributed by atoms with E-state index in [0.29, 0.717) is 0 Å². The van der Waals surface area contributed by atoms with Crippen molar-refractivity contribution in [2.45, 2.75) is 13.5 Å². The van der Waals surface area contributed by atoms with Crippen molar-refractivity contribution in [3.63, 3.8) is 0 Å². The SMILES string of the molecule is Cc1ccc(C[n+]2cccc(-c3nc4ccccc4s3)c2)cc1. The van der Waals surface area contributed by atoms with Crippen molar-refractivity contribution in [1.82, 2.24) is 4.98 Å². The first-order valence-corrected chi connectivity index (χ1v) is 8.50. The Kier molecular flexibility index (Phi) is 3.64. The van der Waals surface area contributed by atoms with Crippen LogP contribution in [-0.2, 0) is 6.54 Å². The summed E-state index contributed by atoms with van der Waals surface area (Å²) in [4.78, 5) is 4.75. The highest BCUT2D eigenvalue weighted by molar-refractivity contribution is 7.21. The van der Waals surface area contributed by atoms with Gasteiger partial charge in [0.2, 0.25) is 0 Å². The molecule has 0 fully saturated rings. The highest BCUT2D eigenvalue weighted by Gasteiger charge is 2.10. The second-order valence-electron chi connectivity index (χ2n) is 5.74. The van der Waals surface area contributed by atoms with Crippen molar-refractivity contribution >= 4 is 21.6 Å². The number of pyridine rings is 1. The molecule has 4 aromatic rings. The minimum atomic E-state index is 0.874. The second kappa shape index (κ2) is 5.94. The molecule has 2 nitrogen and oxygen atoms in total. The molecule has 2 aromatic heterocycles. The van der Waals surface area contributed by atoms with Crippen molar-refractivity contribution < 1.29 is 4.57 Å². The predicted molar refractivity (Wildman–Crippen MR) is 95.5 cm³/mol. The Labute approximate surface area is 139 Å². The number of nitrogens with zero attached hydrogens (tertiary/aromatic N) is 2. The van der Waals surface area contributed by atoms with Gasteiger partial charge >= 0.3 is 0 Å². The molecule has 0 saturated carbocycles. The fourth-order valence-electron chi connectivity index (χ4n) is 2.65. The van der Waals surface area contributed by atoms with Gasteiger partial charge in [-0.25, -0.2) is 9.55 Å². The molecular weight excluding hydrogens is 300 g/mol. The smallest absolute Gasteiger partial charge is 0.179 e. The Morgan fingerprint density at radius 3 is 2.61 bits per heavy atom. The highest BCUT2D eigenvalue weighted by Crippen LogP contribution is 2.29. The topological polar surface area (TPSA) is 16.8 Å². The Balaban J connectivity index is 1.66. The standard InChI is InChI=1S/C20H17N2S/c1-15-8-10-16(11-9-15)13-22-12-4-5-17(14-22)20-21-18-6-2-3-7-19(18)23-20/h2-12,14H,13H2,1H3/q+1. The predicted octanol–water partition coefficient (Wildman–Crippen LogP) is 4.61. The number of aryl methyl sites for hydroxylation is 1. The molecule has 0 N–H and O–H groups in total. The number of para-hydroxylation sites is 1. The van der Waals surface area contributed by atoms with Gasteiger partial charge in [-0.3, -0.25) is 0 Å². The van der Waals surface area contributed by atoms with E-state index < -0.39 is 0 Å². The third-order valence-electron chi connectivity index (χ3n) is 3.88. The number of aromatic nitrogens is 2. The number of hydrogen-bond donors (Lipinski definition) is 0. The van der Waals surface area contributed by atoms with Crippen molar-refractivity contribution in [2.24, 2.45) is 0 Å². The Morgan fingerprint density at radius 1 is 0.957 bits per heavy atom. The molecule has 3 heteroatoms. The minimum Gasteiger partial charge on any atom is -0.236 e. The molecule has 2 heterocycles. The molecule has 0 bridgehead atoms. The van der Waals surface area contributed by atoms with Crippen LogP contribution in [0.5, 0.6) is 0 Å². The summed E-state index contributed by atoms with van der Waals surface area (Å²) in [6.07, 6.45) is 4.29. The normalized spacial score (nSPS) is 11.0. The van der Waals surface area contributed by atoms with Gasteiger partial charge in [-0.15, -0.1) is 11.3 Å². The van der Waals surface area contributed by atoms with E-state index in [2.05, 4.69) is 78.5 Å². The quantitative estimate of drug-likeness (QED) is 0.504. The summed E-state index contributed by atoms with van der Waals surface area (Å²) >= 11 is 1.74. The van der Waals surface area contributed by atoms with Crippen LogP contribution in [-0.4, -0.2) is 4.98 Å². The first kappa shape index (κ1) is 14.1. The summed E-state index contributed by atoms with van der Waals surface area (Å²) in [6.45, 7) is 2.99. The third kappa shape index (κ3) is 3.01. The van der Waals surface area contributed by atoms with Crippen LogP contribution in [0.1, 0.15) is 11.1 Å². The summed E-state index contributed by atoms with van der Waals surface area (Å²) < 4.78 is 3.45. The molecule has 0 aliphatic carbocycles. The number of benzene rings is 2. The zero-order chi connectivity index (χ0) is 15.6. The average Bonchev–Trinajstić information content (AvgIpc) is 3.01. The number of rotatable bonds is 3. The van der Waals surface area contributed by atoms with Crippen LogP contribution >= 0.6 is 11.3 Å². The molecule has 0 radical (unpaired) electrons. The Hall–Kier alpha value is -2.52. The van der Waals surface area contributed by atoms with Crippen LogP contribution in [0.2, 0.25) is 0 Å². The Morgan fingerprint density at radius 2 is 1.78 bits per heavy atom. The molecule has 0 aliphatic heterocycles. The molecule has 0 saturated heterocycles. The molecule has 0 unspecified atom stereocenters. The van der Waals surface area contributed by atoms with Crippen LogP contribution in [0, 0.1) is 6.92 Å². The van der Waals surface area contributed by atoms with Crippen LogP contribution < -0.4 is 4.57 Å². The lowest BCUT2D eigenvalue weighted by Crippen LogP contribution is -2.33. The average molecular weight is 317 g/mol. The maximum absolute atomic E-state index is 4.75. The molecule has 23 heavy (non-hydrogen) atoms. The fourth-order valence-corrected chi connectivity index (χ4v) is 3.60. The summed E-state index contributed by atoms with van der Waals surface area (Å²) in [5, 5.41) is 1.07. The van der Waals surface area contributed by atoms with E-state index in [4.69, 9.17) is 4.98 Å². The molecule has 0 spiro atoms. The van der Waals surface area contributed by atoms with E-state index in [1.165, 1.54) is 21.4 Å². The van der Waals surface area contributed by atoms with Crippen molar-refractivity contribution in [1.29, 1.82) is 0 Å². The van der Waals surface area contributed by atoms with E-state index in [0.717, 1.165) is 17.1 Å². The second-order valence-corrected chi connectivity index (χ2v) is 6.77. The van der Waals surface area contributed by atoms with Gasteiger partial charge in [0.15, 0.2) is 18.9 Å². The molecule has 0 atom stereocenters. The molecule has 112 valence electrons. The zero-order valence-electron chi connectivity index (χ0n) is 12.9. The van der Waals surface area contributed by atoms with Crippen molar-refractivity contribution in [3.05, 3.63) is 84.2 Å². The van der Waals surface area contributed by atoms with Crippen LogP contribution in [0.15, 0.2) is 73.1 Å². The maximum atomic E-state index is 4.75. The molecule has 0 amide bonds. The van der Waals surface area contributed by atoms with Gasteiger partial charge in [0, 0.05) is 11.6 Å². The van der Waals surface area contributed by atoms with E-state index in [-0.39, 0.29) is 0 Å². The van der Waals surface area contributed by atoms with Crippen LogP contribution in [0.25, 0.3) is 20.8 Å². The summed E-state index contributed by atoms with van der Waals surface area (Å²) in [6, 6.07) is 21.2. The summed E-state index contributed by atoms with van der Waals surface area (Å²) in [5.41, 5.74) is 4.84. The molecule has 4 rings (SSSR count). The lowest BCUT2D eigenvalue weighted by atomic mass is 10.1. The van der Waals surface area contributed by atoms with E-state index in [9.17, 15) is 0 Å². The van der Waals surface area contributed by atoms with Gasteiger partial charge in [0.05, 0.1) is 15.8 Å². The third-order valence-corrected chi connectivity index (χ3v) is 4.97. The molecule has 0 aliphatic rings. The van der Waals surface area contributed by atoms with Gasteiger partial charge < -0.3 is 0 Å². The first-order chi connectivity index (χ1) is 11.3. The first-order valence-electron chi connectivity index (χ1n) is 7.68. The van der Waals surface area contributed by atoms with E-state index in [1.54, 1.807) is 11.3 Å². The lowest BCUT2D eigenvalue weighted by Gasteiger charge is -2.00. The van der Waals surface area contributed by atoms with Gasteiger partial charge in [0.1, 0.15) is 5.01 Å². The molecule has 2 aromatic carbocycles.